The van der Waals surface area contributed by atoms with Crippen LogP contribution < -0.4 is 15.1 Å². The molecule has 2 aliphatic heterocycles. The number of rotatable bonds is 4. The van der Waals surface area contributed by atoms with Gasteiger partial charge in [0.2, 0.25) is 5.91 Å². The van der Waals surface area contributed by atoms with E-state index < -0.39 is 18.0 Å². The number of ether oxygens (including phenoxy) is 1. The predicted molar refractivity (Wildman–Crippen MR) is 102 cm³/mol. The van der Waals surface area contributed by atoms with E-state index >= 15 is 0 Å². The van der Waals surface area contributed by atoms with Crippen LogP contribution in [0.1, 0.15) is 19.6 Å². The number of carbonyl (C=O) groups is 2. The second kappa shape index (κ2) is 7.41. The number of hydrogen-bond acceptors (Lipinski definition) is 6. The number of carbonyl (C=O) groups excluding carboxylic acids is 2. The number of cyclic esters (lactones) is 1. The lowest BCUT2D eigenvalue weighted by molar-refractivity contribution is -0.119. The molecular weight excluding hydrogens is 365 g/mol. The Hall–Kier alpha value is -3.23. The Kier molecular flexibility index (Phi) is 4.81. The smallest absolute Gasteiger partial charge is 0.414 e. The van der Waals surface area contributed by atoms with Gasteiger partial charge in [0.15, 0.2) is 0 Å². The maximum absolute atomic E-state index is 14.8. The molecule has 0 radical (unpaired) electrons. The maximum atomic E-state index is 14.8. The third-order valence-corrected chi connectivity index (χ3v) is 4.90. The molecule has 2 amide bonds. The molecule has 1 atom stereocenters. The molecule has 28 heavy (non-hydrogen) atoms. The van der Waals surface area contributed by atoms with Gasteiger partial charge in [-0.1, -0.05) is 0 Å². The Morgan fingerprint density at radius 3 is 3.11 bits per heavy atom. The molecule has 3 heterocycles. The molecule has 1 saturated heterocycles. The Balaban J connectivity index is 0.00000240. The SMILES string of the molecule is CC(=O)NC[C@H]1CN(c2ccc(N3CCc4ncncc4C3)c(F)c2)C(=O)O1.[HH]. The number of nitrogens with one attached hydrogen (secondary N) is 1. The van der Waals surface area contributed by atoms with Gasteiger partial charge in [-0.15, -0.1) is 0 Å². The maximum Gasteiger partial charge on any atom is 0.414 e. The zero-order chi connectivity index (χ0) is 19.7. The Morgan fingerprint density at radius 1 is 1.46 bits per heavy atom. The lowest BCUT2D eigenvalue weighted by Crippen LogP contribution is -2.33. The van der Waals surface area contributed by atoms with Crippen molar-refractivity contribution in [3.8, 4) is 0 Å². The average Bonchev–Trinajstić information content (AvgIpc) is 3.06. The zero-order valence-corrected chi connectivity index (χ0v) is 15.4. The van der Waals surface area contributed by atoms with Crippen molar-refractivity contribution in [2.45, 2.75) is 26.0 Å². The van der Waals surface area contributed by atoms with E-state index in [1.807, 2.05) is 4.90 Å². The molecule has 0 aliphatic carbocycles. The van der Waals surface area contributed by atoms with E-state index in [0.717, 1.165) is 17.7 Å². The van der Waals surface area contributed by atoms with Crippen LogP contribution in [0.3, 0.4) is 0 Å². The molecule has 1 aromatic carbocycles. The highest BCUT2D eigenvalue weighted by atomic mass is 19.1. The molecule has 2 aromatic rings. The highest BCUT2D eigenvalue weighted by Gasteiger charge is 2.33. The van der Waals surface area contributed by atoms with Crippen molar-refractivity contribution in [2.24, 2.45) is 0 Å². The molecule has 1 aromatic heterocycles. The van der Waals surface area contributed by atoms with Gasteiger partial charge < -0.3 is 15.0 Å². The quantitative estimate of drug-likeness (QED) is 0.862. The van der Waals surface area contributed by atoms with E-state index in [0.29, 0.717) is 24.5 Å². The number of halogens is 1. The van der Waals surface area contributed by atoms with Crippen LogP contribution in [-0.2, 0) is 22.5 Å². The van der Waals surface area contributed by atoms with Crippen molar-refractivity contribution in [2.75, 3.05) is 29.4 Å². The molecule has 8 nitrogen and oxygen atoms in total. The van der Waals surface area contributed by atoms with Gasteiger partial charge in [-0.05, 0) is 18.2 Å². The van der Waals surface area contributed by atoms with E-state index in [9.17, 15) is 14.0 Å². The number of amides is 2. The molecule has 0 unspecified atom stereocenters. The number of nitrogens with zero attached hydrogens (tertiary/aromatic N) is 4. The van der Waals surface area contributed by atoms with Crippen LogP contribution in [0.15, 0.2) is 30.7 Å². The summed E-state index contributed by atoms with van der Waals surface area (Å²) >= 11 is 0. The Morgan fingerprint density at radius 2 is 2.32 bits per heavy atom. The Bertz CT molecular complexity index is 928. The van der Waals surface area contributed by atoms with Gasteiger partial charge in [0, 0.05) is 39.6 Å². The number of fused-ring (bicyclic) bond motifs is 1. The van der Waals surface area contributed by atoms with Crippen molar-refractivity contribution in [1.82, 2.24) is 15.3 Å². The van der Waals surface area contributed by atoms with Gasteiger partial charge in [-0.25, -0.2) is 19.2 Å². The highest BCUT2D eigenvalue weighted by Crippen LogP contribution is 2.30. The molecule has 148 valence electrons. The summed E-state index contributed by atoms with van der Waals surface area (Å²) in [6, 6.07) is 4.72. The summed E-state index contributed by atoms with van der Waals surface area (Å²) in [6.45, 7) is 3.08. The first-order valence-electron chi connectivity index (χ1n) is 9.06. The predicted octanol–water partition coefficient (Wildman–Crippen LogP) is 1.89. The molecular formula is C19H22FN5O3. The largest absolute Gasteiger partial charge is 0.442 e. The van der Waals surface area contributed by atoms with Crippen LogP contribution in [0.25, 0.3) is 0 Å². The summed E-state index contributed by atoms with van der Waals surface area (Å²) in [5, 5.41) is 2.62. The van der Waals surface area contributed by atoms with Gasteiger partial charge in [0.05, 0.1) is 30.2 Å². The third-order valence-electron chi connectivity index (χ3n) is 4.90. The van der Waals surface area contributed by atoms with Crippen molar-refractivity contribution in [1.29, 1.82) is 0 Å². The standard InChI is InChI=1S/C19H20FN5O3.H2/c1-12(26)22-8-15-10-25(19(27)28-15)14-2-3-18(16(20)6-14)24-5-4-17-13(9-24)7-21-11-23-17;/h2-3,6-7,11,15H,4-5,8-10H2,1H3,(H,22,26);1H/t15-;/m0./s1. The highest BCUT2D eigenvalue weighted by molar-refractivity contribution is 5.90. The minimum atomic E-state index is -0.549. The van der Waals surface area contributed by atoms with Crippen LogP contribution in [0, 0.1) is 5.82 Å². The fourth-order valence-corrected chi connectivity index (χ4v) is 3.49. The molecule has 9 heteroatoms. The lowest BCUT2D eigenvalue weighted by atomic mass is 10.1. The summed E-state index contributed by atoms with van der Waals surface area (Å²) in [7, 11) is 0. The third kappa shape index (κ3) is 3.60. The van der Waals surface area contributed by atoms with Gasteiger partial charge in [-0.3, -0.25) is 9.69 Å². The molecule has 1 fully saturated rings. The summed E-state index contributed by atoms with van der Waals surface area (Å²) in [5.41, 5.74) is 2.88. The molecule has 2 aliphatic rings. The number of benzene rings is 1. The van der Waals surface area contributed by atoms with E-state index in [-0.39, 0.29) is 20.4 Å². The Labute approximate surface area is 162 Å². The molecule has 0 bridgehead atoms. The van der Waals surface area contributed by atoms with Crippen molar-refractivity contribution in [3.05, 3.63) is 47.8 Å². The monoisotopic (exact) mass is 387 g/mol. The van der Waals surface area contributed by atoms with Gasteiger partial charge in [0.1, 0.15) is 18.2 Å². The summed E-state index contributed by atoms with van der Waals surface area (Å²) < 4.78 is 20.1. The second-order valence-electron chi connectivity index (χ2n) is 6.86. The van der Waals surface area contributed by atoms with E-state index in [1.54, 1.807) is 18.3 Å². The lowest BCUT2D eigenvalue weighted by Gasteiger charge is -2.30. The summed E-state index contributed by atoms with van der Waals surface area (Å²) in [6.07, 6.45) is 3.00. The molecule has 4 rings (SSSR count). The van der Waals surface area contributed by atoms with Gasteiger partial charge in [-0.2, -0.15) is 0 Å². The first-order chi connectivity index (χ1) is 13.5. The molecule has 1 N–H and O–H groups in total. The van der Waals surface area contributed by atoms with Crippen molar-refractivity contribution >= 4 is 23.4 Å². The number of aromatic nitrogens is 2. The van der Waals surface area contributed by atoms with Crippen LogP contribution in [0.5, 0.6) is 0 Å². The normalized spacial score (nSPS) is 18.6. The fourth-order valence-electron chi connectivity index (χ4n) is 3.49. The van der Waals surface area contributed by atoms with E-state index in [2.05, 4.69) is 15.3 Å². The first kappa shape index (κ1) is 18.1. The summed E-state index contributed by atoms with van der Waals surface area (Å²) in [5.74, 6) is -0.602. The van der Waals surface area contributed by atoms with Crippen LogP contribution in [0.2, 0.25) is 0 Å². The van der Waals surface area contributed by atoms with E-state index in [4.69, 9.17) is 4.74 Å². The summed E-state index contributed by atoms with van der Waals surface area (Å²) in [4.78, 5) is 34.7. The topological polar surface area (TPSA) is 87.7 Å². The van der Waals surface area contributed by atoms with Crippen LogP contribution in [0.4, 0.5) is 20.6 Å². The van der Waals surface area contributed by atoms with Gasteiger partial charge in [0.25, 0.3) is 0 Å². The molecule has 0 saturated carbocycles. The number of anilines is 2. The first-order valence-corrected chi connectivity index (χ1v) is 9.06. The zero-order valence-electron chi connectivity index (χ0n) is 15.4. The minimum Gasteiger partial charge on any atom is -0.442 e. The second-order valence-corrected chi connectivity index (χ2v) is 6.86. The average molecular weight is 387 g/mol. The molecule has 0 spiro atoms. The van der Waals surface area contributed by atoms with Crippen molar-refractivity contribution < 1.29 is 20.1 Å². The minimum absolute atomic E-state index is 0. The van der Waals surface area contributed by atoms with Crippen LogP contribution in [-0.4, -0.2) is 47.7 Å². The van der Waals surface area contributed by atoms with E-state index in [1.165, 1.54) is 24.2 Å². The van der Waals surface area contributed by atoms with Gasteiger partial charge >= 0.3 is 6.09 Å². The van der Waals surface area contributed by atoms with Crippen LogP contribution >= 0.6 is 0 Å². The fraction of sp³-hybridized carbons (Fsp3) is 0.368. The number of hydrogen-bond donors (Lipinski definition) is 1. The van der Waals surface area contributed by atoms with Crippen molar-refractivity contribution in [3.63, 3.8) is 0 Å².